The quantitative estimate of drug-likeness (QED) is 0.751. The van der Waals surface area contributed by atoms with E-state index in [1.807, 2.05) is 11.3 Å². The van der Waals surface area contributed by atoms with E-state index in [0.29, 0.717) is 6.04 Å². The Morgan fingerprint density at radius 2 is 2.07 bits per heavy atom. The largest absolute Gasteiger partial charge is 0.316 e. The van der Waals surface area contributed by atoms with E-state index < -0.39 is 0 Å². The lowest BCUT2D eigenvalue weighted by Gasteiger charge is -2.04. The molecule has 0 amide bonds. The Labute approximate surface area is 87.8 Å². The van der Waals surface area contributed by atoms with Crippen molar-refractivity contribution in [2.24, 2.45) is 0 Å². The van der Waals surface area contributed by atoms with E-state index in [0.717, 1.165) is 0 Å². The molecular weight excluding hydrogens is 190 g/mol. The predicted molar refractivity (Wildman–Crippen MR) is 62.1 cm³/mol. The van der Waals surface area contributed by atoms with Gasteiger partial charge in [-0.25, -0.2) is 0 Å². The van der Waals surface area contributed by atoms with E-state index in [4.69, 9.17) is 0 Å². The monoisotopic (exact) mass is 203 g/mol. The van der Waals surface area contributed by atoms with Crippen LogP contribution in [0.2, 0.25) is 0 Å². The second-order valence-corrected chi connectivity index (χ2v) is 4.92. The Morgan fingerprint density at radius 3 is 2.86 bits per heavy atom. The van der Waals surface area contributed by atoms with Gasteiger partial charge in [-0.05, 0) is 60.0 Å². The molecule has 1 aliphatic carbocycles. The molecule has 0 fully saturated rings. The van der Waals surface area contributed by atoms with Crippen LogP contribution < -0.4 is 5.32 Å². The molecule has 1 N–H and O–H groups in total. The minimum absolute atomic E-state index is 0.654. The van der Waals surface area contributed by atoms with Gasteiger partial charge in [0.2, 0.25) is 0 Å². The second-order valence-electron chi connectivity index (χ2n) is 3.97. The SMILES string of the molecule is CN[C@H]1Cc2cc3ccsc3cc2C1. The van der Waals surface area contributed by atoms with Crippen LogP contribution in [-0.4, -0.2) is 13.1 Å². The van der Waals surface area contributed by atoms with E-state index in [-0.39, 0.29) is 0 Å². The first-order chi connectivity index (χ1) is 6.86. The molecule has 3 rings (SSSR count). The normalized spacial score (nSPS) is 20.2. The maximum Gasteiger partial charge on any atom is 0.0345 e. The Balaban J connectivity index is 2.13. The number of fused-ring (bicyclic) bond motifs is 2. The van der Waals surface area contributed by atoms with Crippen molar-refractivity contribution in [2.75, 3.05) is 7.05 Å². The Bertz CT molecular complexity index is 432. The maximum absolute atomic E-state index is 3.36. The van der Waals surface area contributed by atoms with Crippen molar-refractivity contribution in [1.29, 1.82) is 0 Å². The highest BCUT2D eigenvalue weighted by Crippen LogP contribution is 2.30. The van der Waals surface area contributed by atoms with Gasteiger partial charge in [-0.3, -0.25) is 0 Å². The third-order valence-electron chi connectivity index (χ3n) is 3.12. The van der Waals surface area contributed by atoms with Crippen LogP contribution >= 0.6 is 11.3 Å². The van der Waals surface area contributed by atoms with Gasteiger partial charge in [0.25, 0.3) is 0 Å². The van der Waals surface area contributed by atoms with E-state index in [9.17, 15) is 0 Å². The first-order valence-corrected chi connectivity index (χ1v) is 5.91. The Kier molecular flexibility index (Phi) is 1.85. The number of benzene rings is 1. The van der Waals surface area contributed by atoms with Gasteiger partial charge in [-0.1, -0.05) is 0 Å². The van der Waals surface area contributed by atoms with E-state index in [2.05, 4.69) is 35.9 Å². The highest BCUT2D eigenvalue weighted by molar-refractivity contribution is 7.17. The molecule has 0 saturated carbocycles. The number of nitrogens with one attached hydrogen (secondary N) is 1. The molecular formula is C12H13NS. The molecule has 1 aromatic carbocycles. The van der Waals surface area contributed by atoms with Crippen molar-refractivity contribution < 1.29 is 0 Å². The summed E-state index contributed by atoms with van der Waals surface area (Å²) in [5.74, 6) is 0. The van der Waals surface area contributed by atoms with Crippen molar-refractivity contribution in [3.05, 3.63) is 34.7 Å². The molecule has 2 aromatic rings. The highest BCUT2D eigenvalue weighted by Gasteiger charge is 2.20. The molecule has 1 nitrogen and oxygen atoms in total. The zero-order valence-corrected chi connectivity index (χ0v) is 9.03. The summed E-state index contributed by atoms with van der Waals surface area (Å²) in [5.41, 5.74) is 3.08. The molecule has 14 heavy (non-hydrogen) atoms. The number of hydrogen-bond acceptors (Lipinski definition) is 2. The summed E-state index contributed by atoms with van der Waals surface area (Å²) in [4.78, 5) is 0. The molecule has 0 bridgehead atoms. The number of thiophene rings is 1. The first kappa shape index (κ1) is 8.45. The van der Waals surface area contributed by atoms with Gasteiger partial charge >= 0.3 is 0 Å². The minimum Gasteiger partial charge on any atom is -0.316 e. The molecule has 1 aromatic heterocycles. The summed E-state index contributed by atoms with van der Waals surface area (Å²) >= 11 is 1.84. The number of hydrogen-bond donors (Lipinski definition) is 1. The molecule has 1 heterocycles. The summed E-state index contributed by atoms with van der Waals surface area (Å²) in [6.07, 6.45) is 2.39. The van der Waals surface area contributed by atoms with Crippen LogP contribution in [-0.2, 0) is 12.8 Å². The van der Waals surface area contributed by atoms with Gasteiger partial charge in [0.15, 0.2) is 0 Å². The second kappa shape index (κ2) is 3.07. The predicted octanol–water partition coefficient (Wildman–Crippen LogP) is 2.59. The molecule has 1 atom stereocenters. The van der Waals surface area contributed by atoms with E-state index in [1.54, 1.807) is 5.56 Å². The third kappa shape index (κ3) is 1.18. The molecule has 72 valence electrons. The van der Waals surface area contributed by atoms with E-state index in [1.165, 1.54) is 28.5 Å². The summed E-state index contributed by atoms with van der Waals surface area (Å²) in [7, 11) is 2.05. The maximum atomic E-state index is 3.36. The number of likely N-dealkylation sites (N-methyl/N-ethyl adjacent to an activating group) is 1. The van der Waals surface area contributed by atoms with Gasteiger partial charge in [-0.2, -0.15) is 0 Å². The summed E-state index contributed by atoms with van der Waals surface area (Å²) in [6.45, 7) is 0. The highest BCUT2D eigenvalue weighted by atomic mass is 32.1. The van der Waals surface area contributed by atoms with Gasteiger partial charge in [-0.15, -0.1) is 11.3 Å². The summed E-state index contributed by atoms with van der Waals surface area (Å²) in [5, 5.41) is 6.94. The van der Waals surface area contributed by atoms with Crippen LogP contribution in [0.15, 0.2) is 23.6 Å². The molecule has 0 aliphatic heterocycles. The van der Waals surface area contributed by atoms with Crippen LogP contribution in [0.5, 0.6) is 0 Å². The minimum atomic E-state index is 0.654. The Hall–Kier alpha value is -0.860. The van der Waals surface area contributed by atoms with Crippen LogP contribution in [0.4, 0.5) is 0 Å². The molecule has 0 saturated heterocycles. The third-order valence-corrected chi connectivity index (χ3v) is 4.00. The van der Waals surface area contributed by atoms with Crippen molar-refractivity contribution in [2.45, 2.75) is 18.9 Å². The van der Waals surface area contributed by atoms with Crippen LogP contribution in [0.3, 0.4) is 0 Å². The molecule has 2 heteroatoms. The van der Waals surface area contributed by atoms with Gasteiger partial charge in [0.05, 0.1) is 0 Å². The van der Waals surface area contributed by atoms with E-state index >= 15 is 0 Å². The van der Waals surface area contributed by atoms with Crippen molar-refractivity contribution in [3.63, 3.8) is 0 Å². The van der Waals surface area contributed by atoms with Gasteiger partial charge in [0.1, 0.15) is 0 Å². The van der Waals surface area contributed by atoms with Crippen molar-refractivity contribution in [1.82, 2.24) is 5.32 Å². The summed E-state index contributed by atoms with van der Waals surface area (Å²) < 4.78 is 1.43. The fraction of sp³-hybridized carbons (Fsp3) is 0.333. The lowest BCUT2D eigenvalue weighted by molar-refractivity contribution is 0.593. The molecule has 0 radical (unpaired) electrons. The first-order valence-electron chi connectivity index (χ1n) is 5.03. The van der Waals surface area contributed by atoms with Crippen LogP contribution in [0.1, 0.15) is 11.1 Å². The average molecular weight is 203 g/mol. The fourth-order valence-electron chi connectivity index (χ4n) is 2.29. The molecule has 0 unspecified atom stereocenters. The zero-order chi connectivity index (χ0) is 9.54. The topological polar surface area (TPSA) is 12.0 Å². The van der Waals surface area contributed by atoms with Gasteiger partial charge in [0, 0.05) is 10.7 Å². The zero-order valence-electron chi connectivity index (χ0n) is 8.21. The Morgan fingerprint density at radius 1 is 1.29 bits per heavy atom. The van der Waals surface area contributed by atoms with Crippen molar-refractivity contribution >= 4 is 21.4 Å². The lowest BCUT2D eigenvalue weighted by atomic mass is 10.1. The summed E-state index contributed by atoms with van der Waals surface area (Å²) in [6, 6.07) is 7.60. The standard InChI is InChI=1S/C12H13NS/c1-13-11-5-9-4-8-2-3-14-12(8)7-10(9)6-11/h2-4,7,11,13H,5-6H2,1H3/t11-/m0/s1. The average Bonchev–Trinajstić information content (AvgIpc) is 2.77. The van der Waals surface area contributed by atoms with Crippen molar-refractivity contribution in [3.8, 4) is 0 Å². The lowest BCUT2D eigenvalue weighted by Crippen LogP contribution is -2.24. The van der Waals surface area contributed by atoms with Crippen LogP contribution in [0.25, 0.3) is 10.1 Å². The smallest absolute Gasteiger partial charge is 0.0345 e. The molecule has 0 spiro atoms. The number of rotatable bonds is 1. The fourth-order valence-corrected chi connectivity index (χ4v) is 3.12. The van der Waals surface area contributed by atoms with Crippen LogP contribution in [0, 0.1) is 0 Å². The molecule has 1 aliphatic rings. The van der Waals surface area contributed by atoms with Gasteiger partial charge < -0.3 is 5.32 Å².